The Kier molecular flexibility index (Phi) is 7.68. The topological polar surface area (TPSA) is 30.7 Å². The van der Waals surface area contributed by atoms with Crippen molar-refractivity contribution in [2.24, 2.45) is 35.5 Å². The van der Waals surface area contributed by atoms with Crippen LogP contribution in [0.15, 0.2) is 140 Å². The second kappa shape index (κ2) is 13.1. The van der Waals surface area contributed by atoms with Gasteiger partial charge in [0.2, 0.25) is 0 Å². The quantitative estimate of drug-likeness (QED) is 0.162. The Labute approximate surface area is 348 Å². The number of rotatable bonds is 7. The van der Waals surface area contributed by atoms with Crippen LogP contribution < -0.4 is 0 Å². The van der Waals surface area contributed by atoms with Gasteiger partial charge < -0.3 is 0 Å². The molecule has 0 atom stereocenters. The fourth-order valence-corrected chi connectivity index (χ4v) is 14.7. The van der Waals surface area contributed by atoms with E-state index in [1.165, 1.54) is 116 Å². The van der Waals surface area contributed by atoms with Crippen molar-refractivity contribution in [2.45, 2.75) is 87.9 Å². The molecule has 0 aliphatic heterocycles. The van der Waals surface area contributed by atoms with Crippen LogP contribution in [-0.4, -0.2) is 15.0 Å². The largest absolute Gasteiger partial charge is 0.150 e. The highest BCUT2D eigenvalue weighted by Gasteiger charge is 2.52. The molecule has 8 saturated carbocycles. The van der Waals surface area contributed by atoms with Crippen LogP contribution in [0.4, 0.5) is 0 Å². The summed E-state index contributed by atoms with van der Waals surface area (Å²) >= 11 is 0. The van der Waals surface area contributed by atoms with Crippen molar-refractivity contribution >= 4 is 11.0 Å². The van der Waals surface area contributed by atoms with E-state index in [0.717, 1.165) is 57.8 Å². The predicted octanol–water partition coefficient (Wildman–Crippen LogP) is 14.0. The van der Waals surface area contributed by atoms with Crippen molar-refractivity contribution in [3.8, 4) is 50.2 Å². The van der Waals surface area contributed by atoms with Crippen LogP contribution in [0.5, 0.6) is 0 Å². The molecule has 0 N–H and O–H groups in total. The van der Waals surface area contributed by atoms with E-state index in [4.69, 9.17) is 10.2 Å². The van der Waals surface area contributed by atoms with E-state index in [2.05, 4.69) is 140 Å². The second-order valence-electron chi connectivity index (χ2n) is 20.4. The van der Waals surface area contributed by atoms with E-state index >= 15 is 0 Å². The summed E-state index contributed by atoms with van der Waals surface area (Å²) in [4.78, 5) is 1.77. The van der Waals surface area contributed by atoms with Gasteiger partial charge in [0.1, 0.15) is 11.0 Å². The second-order valence-corrected chi connectivity index (χ2v) is 20.4. The molecular formula is C56H53N3. The summed E-state index contributed by atoms with van der Waals surface area (Å²) in [5.74, 6) is 5.86. The molecule has 292 valence electrons. The third kappa shape index (κ3) is 5.89. The van der Waals surface area contributed by atoms with E-state index in [9.17, 15) is 0 Å². The minimum atomic E-state index is 0.454. The first-order chi connectivity index (χ1) is 29.0. The minimum Gasteiger partial charge on any atom is -0.150 e. The number of benzene rings is 6. The summed E-state index contributed by atoms with van der Waals surface area (Å²) in [6.07, 6.45) is 17.5. The Hall–Kier alpha value is -5.28. The average Bonchev–Trinajstić information content (AvgIpc) is 3.70. The molecule has 6 aromatic carbocycles. The van der Waals surface area contributed by atoms with Gasteiger partial charge in [0.25, 0.3) is 0 Å². The maximum Gasteiger partial charge on any atom is 0.114 e. The predicted molar refractivity (Wildman–Crippen MR) is 240 cm³/mol. The molecule has 15 rings (SSSR count). The van der Waals surface area contributed by atoms with Crippen LogP contribution in [0.3, 0.4) is 0 Å². The highest BCUT2D eigenvalue weighted by Crippen LogP contribution is 2.62. The summed E-state index contributed by atoms with van der Waals surface area (Å²) in [5.41, 5.74) is 16.8. The molecule has 8 fully saturated rings. The van der Waals surface area contributed by atoms with Gasteiger partial charge >= 0.3 is 0 Å². The maximum atomic E-state index is 4.92. The average molecular weight is 768 g/mol. The molecule has 8 bridgehead atoms. The van der Waals surface area contributed by atoms with Crippen LogP contribution in [0.25, 0.3) is 61.2 Å². The lowest BCUT2D eigenvalue weighted by molar-refractivity contribution is -0.00530. The summed E-state index contributed by atoms with van der Waals surface area (Å²) in [5, 5.41) is 9.77. The van der Waals surface area contributed by atoms with E-state index < -0.39 is 0 Å². The van der Waals surface area contributed by atoms with Crippen LogP contribution in [-0.2, 0) is 10.8 Å². The lowest BCUT2D eigenvalue weighted by Gasteiger charge is -2.57. The third-order valence-electron chi connectivity index (χ3n) is 16.7. The Morgan fingerprint density at radius 1 is 0.322 bits per heavy atom. The lowest BCUT2D eigenvalue weighted by atomic mass is 9.48. The number of hydrogen-bond donors (Lipinski definition) is 0. The standard InChI is InChI=1S/C56H53N3/c1-3-44(4-2-42(1)45-9-16-50(17-10-45)55-30-36-23-37(31-55)25-38(24-36)32-55)47-13-20-52(21-14-47)59-57-53-22-15-49(29-54(53)58-59)48-7-5-43(6-8-48)46-11-18-51(19-12-46)56-33-39-26-40(34-56)28-41(27-39)35-56/h1-22,29,36-41H,23-28,30-35H2. The smallest absolute Gasteiger partial charge is 0.114 e. The van der Waals surface area contributed by atoms with Crippen LogP contribution in [0, 0.1) is 35.5 Å². The Morgan fingerprint density at radius 3 is 0.983 bits per heavy atom. The zero-order valence-electron chi connectivity index (χ0n) is 34.1. The van der Waals surface area contributed by atoms with Gasteiger partial charge in [-0.1, -0.05) is 115 Å². The Balaban J connectivity index is 0.681. The molecule has 0 radical (unpaired) electrons. The number of hydrogen-bond acceptors (Lipinski definition) is 2. The van der Waals surface area contributed by atoms with Crippen LogP contribution >= 0.6 is 0 Å². The van der Waals surface area contributed by atoms with Gasteiger partial charge in [0.05, 0.1) is 5.69 Å². The zero-order valence-corrected chi connectivity index (χ0v) is 34.1. The van der Waals surface area contributed by atoms with Gasteiger partial charge in [-0.15, -0.1) is 10.2 Å². The van der Waals surface area contributed by atoms with Crippen LogP contribution in [0.2, 0.25) is 0 Å². The van der Waals surface area contributed by atoms with Gasteiger partial charge in [-0.3, -0.25) is 0 Å². The Morgan fingerprint density at radius 2 is 0.610 bits per heavy atom. The highest BCUT2D eigenvalue weighted by atomic mass is 15.5. The monoisotopic (exact) mass is 767 g/mol. The molecule has 3 nitrogen and oxygen atoms in total. The van der Waals surface area contributed by atoms with E-state index in [1.54, 1.807) is 15.9 Å². The first kappa shape index (κ1) is 34.6. The summed E-state index contributed by atoms with van der Waals surface area (Å²) in [6.45, 7) is 0. The van der Waals surface area contributed by atoms with Gasteiger partial charge in [-0.05, 0) is 203 Å². The fraction of sp³-hybridized carbons (Fsp3) is 0.357. The van der Waals surface area contributed by atoms with Crippen molar-refractivity contribution in [2.75, 3.05) is 0 Å². The molecule has 1 aromatic heterocycles. The highest BCUT2D eigenvalue weighted by molar-refractivity contribution is 5.82. The molecule has 0 unspecified atom stereocenters. The molecule has 7 aromatic rings. The summed E-state index contributed by atoms with van der Waals surface area (Å²) in [6, 6.07) is 52.5. The molecular weight excluding hydrogens is 715 g/mol. The van der Waals surface area contributed by atoms with Crippen molar-refractivity contribution in [1.82, 2.24) is 15.0 Å². The lowest BCUT2D eigenvalue weighted by Crippen LogP contribution is -2.48. The zero-order chi connectivity index (χ0) is 38.7. The molecule has 0 spiro atoms. The SMILES string of the molecule is c1cc(-c2ccc(C34CC5CC(CC(C5)C3)C4)cc2)ccc1-c1ccc(-n2nc3ccc(-c4ccc(-c5ccc(C67CC8CC(CC(C8)C6)C7)cc5)cc4)cc3n2)cc1. The molecule has 8 aliphatic carbocycles. The van der Waals surface area contributed by atoms with Gasteiger partial charge in [0, 0.05) is 0 Å². The van der Waals surface area contributed by atoms with Crippen molar-refractivity contribution in [3.05, 3.63) is 151 Å². The van der Waals surface area contributed by atoms with Crippen LogP contribution in [0.1, 0.15) is 88.2 Å². The van der Waals surface area contributed by atoms with E-state index in [-0.39, 0.29) is 0 Å². The molecule has 8 aliphatic rings. The van der Waals surface area contributed by atoms with Crippen molar-refractivity contribution in [3.63, 3.8) is 0 Å². The van der Waals surface area contributed by atoms with Gasteiger partial charge in [0.15, 0.2) is 0 Å². The molecule has 1 heterocycles. The van der Waals surface area contributed by atoms with Crippen molar-refractivity contribution in [1.29, 1.82) is 0 Å². The Bertz CT molecular complexity index is 2610. The number of nitrogens with zero attached hydrogens (tertiary/aromatic N) is 3. The minimum absolute atomic E-state index is 0.454. The normalized spacial score (nSPS) is 30.0. The summed E-state index contributed by atoms with van der Waals surface area (Å²) < 4.78 is 0. The first-order valence-electron chi connectivity index (χ1n) is 22.9. The molecule has 0 amide bonds. The van der Waals surface area contributed by atoms with Gasteiger partial charge in [-0.2, -0.15) is 4.80 Å². The molecule has 59 heavy (non-hydrogen) atoms. The van der Waals surface area contributed by atoms with E-state index in [0.29, 0.717) is 10.8 Å². The number of aromatic nitrogens is 3. The third-order valence-corrected chi connectivity index (χ3v) is 16.7. The number of fused-ring (bicyclic) bond motifs is 1. The maximum absolute atomic E-state index is 4.92. The van der Waals surface area contributed by atoms with Crippen molar-refractivity contribution < 1.29 is 0 Å². The molecule has 0 saturated heterocycles. The van der Waals surface area contributed by atoms with Gasteiger partial charge in [-0.25, -0.2) is 0 Å². The molecule has 3 heteroatoms. The first-order valence-corrected chi connectivity index (χ1v) is 22.9. The fourth-order valence-electron chi connectivity index (χ4n) is 14.7. The van der Waals surface area contributed by atoms with E-state index in [1.807, 2.05) is 0 Å². The summed E-state index contributed by atoms with van der Waals surface area (Å²) in [7, 11) is 0.